The zero-order valence-corrected chi connectivity index (χ0v) is 15.1. The summed E-state index contributed by atoms with van der Waals surface area (Å²) < 4.78 is 52.7. The Balaban J connectivity index is 6.07. The third kappa shape index (κ3) is 5.43. The smallest absolute Gasteiger partial charge is 0.211 e. The summed E-state index contributed by atoms with van der Waals surface area (Å²) in [6.45, 7) is 2.65. The number of unbranched alkanes of at least 4 members (excludes halogenated alkanes) is 2. The Morgan fingerprint density at radius 2 is 1.17 bits per heavy atom. The van der Waals surface area contributed by atoms with Crippen molar-refractivity contribution in [3.05, 3.63) is 0 Å². The molecular weight excluding hydrogens is 340 g/mol. The van der Waals surface area contributed by atoms with Gasteiger partial charge in [-0.15, -0.1) is 0 Å². The van der Waals surface area contributed by atoms with Gasteiger partial charge >= 0.3 is 0 Å². The lowest BCUT2D eigenvalue weighted by atomic mass is 10.1. The Morgan fingerprint density at radius 1 is 0.826 bits per heavy atom. The number of nitrogens with zero attached hydrogens (tertiary/aromatic N) is 2. The summed E-state index contributed by atoms with van der Waals surface area (Å²) in [7, 11) is -8.62. The van der Waals surface area contributed by atoms with Gasteiger partial charge in [-0.1, -0.05) is 39.5 Å². The van der Waals surface area contributed by atoms with E-state index < -0.39 is 37.2 Å². The Hall–Kier alpha value is -1.20. The summed E-state index contributed by atoms with van der Waals surface area (Å²) in [5.41, 5.74) is 0. The molecule has 0 aliphatic carbocycles. The Morgan fingerprint density at radius 3 is 1.43 bits per heavy atom. The van der Waals surface area contributed by atoms with Crippen LogP contribution >= 0.6 is 0 Å². The zero-order chi connectivity index (χ0) is 18.0. The lowest BCUT2D eigenvalue weighted by Gasteiger charge is -2.32. The van der Waals surface area contributed by atoms with Gasteiger partial charge in [0.2, 0.25) is 24.1 Å². The second-order valence-corrected chi connectivity index (χ2v) is 9.50. The molecule has 0 aliphatic rings. The second-order valence-electron chi connectivity index (χ2n) is 5.08. The molecule has 0 spiro atoms. The van der Waals surface area contributed by atoms with Gasteiger partial charge in [0.15, 0.2) is 0 Å². The van der Waals surface area contributed by atoms with E-state index in [1.807, 2.05) is 13.8 Å². The third-order valence-electron chi connectivity index (χ3n) is 3.48. The van der Waals surface area contributed by atoms with Crippen LogP contribution in [0.15, 0.2) is 0 Å². The van der Waals surface area contributed by atoms with Crippen LogP contribution in [-0.2, 0) is 20.0 Å². The number of hydrogen-bond acceptors (Lipinski definition) is 6. The van der Waals surface area contributed by atoms with Crippen LogP contribution in [0, 0.1) is 22.7 Å². The molecule has 0 aromatic carbocycles. The van der Waals surface area contributed by atoms with Crippen molar-refractivity contribution in [1.82, 2.24) is 9.44 Å². The largest absolute Gasteiger partial charge is 0.234 e. The highest BCUT2D eigenvalue weighted by Gasteiger charge is 2.53. The molecule has 0 saturated heterocycles. The van der Waals surface area contributed by atoms with Crippen molar-refractivity contribution in [2.24, 2.45) is 0 Å². The van der Waals surface area contributed by atoms with Gasteiger partial charge < -0.3 is 0 Å². The fourth-order valence-electron chi connectivity index (χ4n) is 2.22. The fraction of sp³-hybridized carbons (Fsp3) is 0.846. The highest BCUT2D eigenvalue weighted by Crippen LogP contribution is 2.35. The molecule has 0 amide bonds. The van der Waals surface area contributed by atoms with Crippen molar-refractivity contribution < 1.29 is 16.8 Å². The van der Waals surface area contributed by atoms with Crippen LogP contribution < -0.4 is 9.44 Å². The molecule has 10 heteroatoms. The zero-order valence-electron chi connectivity index (χ0n) is 13.5. The van der Waals surface area contributed by atoms with E-state index in [9.17, 15) is 16.8 Å². The van der Waals surface area contributed by atoms with Crippen LogP contribution in [0.25, 0.3) is 0 Å². The van der Waals surface area contributed by atoms with Crippen molar-refractivity contribution in [1.29, 1.82) is 10.5 Å². The third-order valence-corrected chi connectivity index (χ3v) is 8.63. The summed E-state index contributed by atoms with van der Waals surface area (Å²) in [6, 6.07) is 3.29. The Kier molecular flexibility index (Phi) is 9.32. The van der Waals surface area contributed by atoms with Gasteiger partial charge in [-0.05, 0) is 12.8 Å². The molecule has 23 heavy (non-hydrogen) atoms. The van der Waals surface area contributed by atoms with Crippen molar-refractivity contribution >= 4 is 20.0 Å². The van der Waals surface area contributed by atoms with E-state index >= 15 is 0 Å². The standard InChI is InChI=1S/C13H24N4O4S2/c1-3-5-7-13(8-6-4-2,22(18,19)16-11-9-14)23(20,21)17-12-10-15/h16-17H,3-8,11-12H2,1-2H3. The van der Waals surface area contributed by atoms with Crippen LogP contribution in [-0.4, -0.2) is 34.0 Å². The van der Waals surface area contributed by atoms with Gasteiger partial charge in [-0.3, -0.25) is 0 Å². The highest BCUT2D eigenvalue weighted by molar-refractivity contribution is 8.08. The van der Waals surface area contributed by atoms with Crippen LogP contribution in [0.4, 0.5) is 0 Å². The number of rotatable bonds is 12. The normalized spacial score (nSPS) is 12.5. The molecule has 0 bridgehead atoms. The van der Waals surface area contributed by atoms with Gasteiger partial charge in [-0.2, -0.15) is 20.0 Å². The summed E-state index contributed by atoms with van der Waals surface area (Å²) in [4.78, 5) is 0. The maximum Gasteiger partial charge on any atom is 0.234 e. The molecule has 0 fully saturated rings. The first-order valence-corrected chi connectivity index (χ1v) is 10.4. The van der Waals surface area contributed by atoms with Crippen LogP contribution in [0.3, 0.4) is 0 Å². The van der Waals surface area contributed by atoms with Gasteiger partial charge in [0.05, 0.1) is 25.2 Å². The molecule has 8 nitrogen and oxygen atoms in total. The van der Waals surface area contributed by atoms with Gasteiger partial charge in [0.25, 0.3) is 0 Å². The van der Waals surface area contributed by atoms with Crippen molar-refractivity contribution in [3.8, 4) is 12.1 Å². The summed E-state index contributed by atoms with van der Waals surface area (Å²) in [6.07, 6.45) is 1.84. The second kappa shape index (κ2) is 9.83. The number of nitriles is 2. The van der Waals surface area contributed by atoms with Crippen LogP contribution in [0.2, 0.25) is 0 Å². The van der Waals surface area contributed by atoms with E-state index in [0.717, 1.165) is 0 Å². The van der Waals surface area contributed by atoms with E-state index in [1.54, 1.807) is 12.1 Å². The molecule has 0 atom stereocenters. The maximum atomic E-state index is 12.7. The van der Waals surface area contributed by atoms with Crippen molar-refractivity contribution in [3.63, 3.8) is 0 Å². The topological polar surface area (TPSA) is 140 Å². The van der Waals surface area contributed by atoms with Crippen LogP contribution in [0.5, 0.6) is 0 Å². The van der Waals surface area contributed by atoms with Gasteiger partial charge in [-0.25, -0.2) is 16.8 Å². The Labute approximate surface area is 139 Å². The van der Waals surface area contributed by atoms with Crippen molar-refractivity contribution in [2.75, 3.05) is 13.1 Å². The molecule has 2 N–H and O–H groups in total. The molecule has 132 valence electrons. The molecule has 0 rings (SSSR count). The molecule has 0 saturated carbocycles. The lowest BCUT2D eigenvalue weighted by Crippen LogP contribution is -2.56. The minimum absolute atomic E-state index is 0.0922. The Bertz CT molecular complexity index is 586. The first-order chi connectivity index (χ1) is 10.7. The molecule has 0 aliphatic heterocycles. The predicted molar refractivity (Wildman–Crippen MR) is 86.9 cm³/mol. The quantitative estimate of drug-likeness (QED) is 0.494. The lowest BCUT2D eigenvalue weighted by molar-refractivity contribution is 0.476. The highest BCUT2D eigenvalue weighted by atomic mass is 32.3. The predicted octanol–water partition coefficient (Wildman–Crippen LogP) is 0.949. The van der Waals surface area contributed by atoms with Gasteiger partial charge in [0, 0.05) is 0 Å². The van der Waals surface area contributed by atoms with E-state index in [1.165, 1.54) is 0 Å². The van der Waals surface area contributed by atoms with Gasteiger partial charge in [0.1, 0.15) is 0 Å². The number of nitrogens with one attached hydrogen (secondary N) is 2. The molecular formula is C13H24N4O4S2. The summed E-state index contributed by atoms with van der Waals surface area (Å²) >= 11 is 0. The van der Waals surface area contributed by atoms with E-state index in [4.69, 9.17) is 10.5 Å². The van der Waals surface area contributed by atoms with Crippen molar-refractivity contribution in [2.45, 2.75) is 56.5 Å². The summed E-state index contributed by atoms with van der Waals surface area (Å²) in [5, 5.41) is 17.2. The first kappa shape index (κ1) is 21.8. The SMILES string of the molecule is CCCCC(CCCC)(S(=O)(=O)NCC#N)S(=O)(=O)NCC#N. The monoisotopic (exact) mass is 364 g/mol. The average molecular weight is 364 g/mol. The molecule has 0 aromatic heterocycles. The van der Waals surface area contributed by atoms with E-state index in [-0.39, 0.29) is 12.8 Å². The molecule has 0 radical (unpaired) electrons. The van der Waals surface area contributed by atoms with E-state index in [2.05, 4.69) is 9.44 Å². The molecule has 0 unspecified atom stereocenters. The molecule has 0 heterocycles. The molecule has 0 aromatic rings. The summed E-state index contributed by atoms with van der Waals surface area (Å²) in [5.74, 6) is 0. The number of sulfonamides is 2. The average Bonchev–Trinajstić information content (AvgIpc) is 2.50. The van der Waals surface area contributed by atoms with E-state index in [0.29, 0.717) is 25.7 Å². The fourth-order valence-corrected chi connectivity index (χ4v) is 6.41. The maximum absolute atomic E-state index is 12.7. The minimum atomic E-state index is -4.31. The van der Waals surface area contributed by atoms with Crippen LogP contribution in [0.1, 0.15) is 52.4 Å². The number of hydrogen-bond donors (Lipinski definition) is 2. The minimum Gasteiger partial charge on any atom is -0.211 e. The first-order valence-electron chi connectivity index (χ1n) is 7.47.